The molecule has 2 saturated heterocycles. The summed E-state index contributed by atoms with van der Waals surface area (Å²) < 4.78 is 5.61. The molecule has 0 unspecified atom stereocenters. The van der Waals surface area contributed by atoms with Crippen LogP contribution in [-0.4, -0.2) is 48.4 Å². The first-order valence-electron chi connectivity index (χ1n) is 13.4. The molecule has 1 N–H and O–H groups in total. The minimum absolute atomic E-state index is 0.0720. The number of carbonyl (C=O) groups is 3. The van der Waals surface area contributed by atoms with Gasteiger partial charge in [0.25, 0.3) is 5.91 Å². The van der Waals surface area contributed by atoms with Crippen LogP contribution in [0.15, 0.2) is 43.0 Å². The molecule has 2 fully saturated rings. The van der Waals surface area contributed by atoms with E-state index in [4.69, 9.17) is 51.1 Å². The Bertz CT molecular complexity index is 1420. The third kappa shape index (κ3) is 5.14. The monoisotopic (exact) mass is 637 g/mol. The van der Waals surface area contributed by atoms with Crippen molar-refractivity contribution in [3.63, 3.8) is 0 Å². The second kappa shape index (κ2) is 11.1. The van der Waals surface area contributed by atoms with Crippen LogP contribution < -0.4 is 10.2 Å². The lowest BCUT2D eigenvalue weighted by atomic mass is 9.73. The highest BCUT2D eigenvalue weighted by atomic mass is 35.5. The summed E-state index contributed by atoms with van der Waals surface area (Å²) >= 11 is 25.7. The van der Waals surface area contributed by atoms with Crippen molar-refractivity contribution < 1.29 is 19.1 Å². The Labute approximate surface area is 259 Å². The molecule has 0 aliphatic carbocycles. The number of halogens is 4. The highest BCUT2D eigenvalue weighted by Gasteiger charge is 2.72. The molecular formula is C30H31Cl4N3O4. The van der Waals surface area contributed by atoms with Gasteiger partial charge >= 0.3 is 5.97 Å². The Morgan fingerprint density at radius 1 is 1.12 bits per heavy atom. The molecule has 3 heterocycles. The number of ether oxygens (including phenoxy) is 1. The fourth-order valence-electron chi connectivity index (χ4n) is 6.69. The smallest absolute Gasteiger partial charge is 0.312 e. The second-order valence-electron chi connectivity index (χ2n) is 12.0. The maximum Gasteiger partial charge on any atom is 0.312 e. The van der Waals surface area contributed by atoms with Crippen molar-refractivity contribution in [2.75, 3.05) is 29.9 Å². The zero-order chi connectivity index (χ0) is 29.9. The third-order valence-electron chi connectivity index (χ3n) is 7.97. The number of hydrogen-bond donors (Lipinski definition) is 1. The van der Waals surface area contributed by atoms with E-state index in [1.54, 1.807) is 35.2 Å². The molecule has 11 heteroatoms. The molecule has 0 saturated carbocycles. The first kappa shape index (κ1) is 30.2. The van der Waals surface area contributed by atoms with Gasteiger partial charge in [-0.1, -0.05) is 79.8 Å². The van der Waals surface area contributed by atoms with E-state index in [-0.39, 0.29) is 23.0 Å². The molecule has 0 bridgehead atoms. The summed E-state index contributed by atoms with van der Waals surface area (Å²) in [4.78, 5) is 46.6. The van der Waals surface area contributed by atoms with Crippen molar-refractivity contribution >= 4 is 75.6 Å². The Kier molecular flexibility index (Phi) is 8.16. The molecule has 41 heavy (non-hydrogen) atoms. The number of fused-ring (bicyclic) bond motifs is 4. The van der Waals surface area contributed by atoms with Gasteiger partial charge in [0.15, 0.2) is 0 Å². The number of anilines is 2. The molecule has 218 valence electrons. The number of rotatable bonds is 6. The van der Waals surface area contributed by atoms with Crippen LogP contribution in [0.25, 0.3) is 0 Å². The van der Waals surface area contributed by atoms with Crippen molar-refractivity contribution in [2.45, 2.75) is 45.2 Å². The van der Waals surface area contributed by atoms with E-state index in [1.807, 2.05) is 25.7 Å². The van der Waals surface area contributed by atoms with Crippen molar-refractivity contribution in [2.24, 2.45) is 17.3 Å². The number of benzene rings is 2. The van der Waals surface area contributed by atoms with E-state index in [2.05, 4.69) is 11.9 Å². The van der Waals surface area contributed by atoms with E-state index < -0.39 is 35.3 Å². The minimum Gasteiger partial charge on any atom is -0.461 e. The zero-order valence-electron chi connectivity index (χ0n) is 23.0. The summed E-state index contributed by atoms with van der Waals surface area (Å²) in [6, 6.07) is 7.72. The van der Waals surface area contributed by atoms with Gasteiger partial charge in [0.05, 0.1) is 16.6 Å². The SMILES string of the molecule is C=CCOC(=O)[C@@H]1[C@H](C(=O)N(CC(C)(C)C)c2cc(Cl)cc(Cl)c2)[C@@H]2CCCN2[C@@]12C(=O)Nc1c(Cl)cc(Cl)cc12. The molecule has 3 aliphatic rings. The lowest BCUT2D eigenvalue weighted by molar-refractivity contribution is -0.157. The molecule has 2 aromatic rings. The summed E-state index contributed by atoms with van der Waals surface area (Å²) in [6.07, 6.45) is 2.80. The minimum atomic E-state index is -1.54. The largest absolute Gasteiger partial charge is 0.461 e. The number of carbonyl (C=O) groups excluding carboxylic acids is 3. The summed E-state index contributed by atoms with van der Waals surface area (Å²) in [5.41, 5.74) is -0.505. The van der Waals surface area contributed by atoms with Crippen molar-refractivity contribution in [1.29, 1.82) is 0 Å². The molecule has 3 aliphatic heterocycles. The van der Waals surface area contributed by atoms with E-state index in [1.165, 1.54) is 6.08 Å². The fourth-order valence-corrected chi connectivity index (χ4v) is 7.75. The van der Waals surface area contributed by atoms with Crippen LogP contribution in [0.5, 0.6) is 0 Å². The van der Waals surface area contributed by atoms with Crippen molar-refractivity contribution in [3.8, 4) is 0 Å². The van der Waals surface area contributed by atoms with Gasteiger partial charge in [0, 0.05) is 38.9 Å². The third-order valence-corrected chi connectivity index (χ3v) is 8.92. The number of hydrogen-bond acceptors (Lipinski definition) is 5. The molecule has 7 nitrogen and oxygen atoms in total. The lowest BCUT2D eigenvalue weighted by Crippen LogP contribution is -2.54. The summed E-state index contributed by atoms with van der Waals surface area (Å²) in [6.45, 7) is 10.4. The molecule has 4 atom stereocenters. The number of amides is 2. The van der Waals surface area contributed by atoms with Gasteiger partial charge in [-0.25, -0.2) is 0 Å². The first-order valence-corrected chi connectivity index (χ1v) is 14.9. The second-order valence-corrected chi connectivity index (χ2v) is 13.7. The predicted octanol–water partition coefficient (Wildman–Crippen LogP) is 6.97. The number of nitrogens with one attached hydrogen (secondary N) is 1. The maximum absolute atomic E-state index is 14.9. The van der Waals surface area contributed by atoms with Gasteiger partial charge < -0.3 is 15.0 Å². The van der Waals surface area contributed by atoms with E-state index >= 15 is 0 Å². The highest BCUT2D eigenvalue weighted by molar-refractivity contribution is 6.38. The molecule has 0 radical (unpaired) electrons. The molecule has 0 aromatic heterocycles. The van der Waals surface area contributed by atoms with Crippen LogP contribution in [-0.2, 0) is 24.7 Å². The van der Waals surface area contributed by atoms with E-state index in [0.717, 1.165) is 6.42 Å². The van der Waals surface area contributed by atoms with Crippen LogP contribution in [0.2, 0.25) is 20.1 Å². The quantitative estimate of drug-likeness (QED) is 0.273. The Morgan fingerprint density at radius 3 is 2.41 bits per heavy atom. The van der Waals surface area contributed by atoms with Crippen molar-refractivity contribution in [1.82, 2.24) is 4.90 Å². The first-order chi connectivity index (χ1) is 19.3. The number of esters is 1. The topological polar surface area (TPSA) is 79.0 Å². The van der Waals surface area contributed by atoms with E-state index in [0.29, 0.717) is 51.5 Å². The fraction of sp³-hybridized carbons (Fsp3) is 0.433. The summed E-state index contributed by atoms with van der Waals surface area (Å²) in [5, 5.41) is 4.21. The summed E-state index contributed by atoms with van der Waals surface area (Å²) in [5.74, 6) is -3.54. The zero-order valence-corrected chi connectivity index (χ0v) is 26.0. The predicted molar refractivity (Wildman–Crippen MR) is 163 cm³/mol. The molecule has 5 rings (SSSR count). The highest BCUT2D eigenvalue weighted by Crippen LogP contribution is 2.60. The average Bonchev–Trinajstić information content (AvgIpc) is 3.53. The number of nitrogens with zero attached hydrogens (tertiary/aromatic N) is 2. The maximum atomic E-state index is 14.9. The van der Waals surface area contributed by atoms with Gasteiger partial charge in [-0.2, -0.15) is 0 Å². The lowest BCUT2D eigenvalue weighted by Gasteiger charge is -2.37. The van der Waals surface area contributed by atoms with Gasteiger partial charge in [0.1, 0.15) is 18.1 Å². The average molecular weight is 639 g/mol. The van der Waals surface area contributed by atoms with Crippen LogP contribution in [0.4, 0.5) is 11.4 Å². The van der Waals surface area contributed by atoms with Gasteiger partial charge in [-0.3, -0.25) is 19.3 Å². The Hall–Kier alpha value is -2.29. The van der Waals surface area contributed by atoms with Crippen molar-refractivity contribution in [3.05, 3.63) is 68.6 Å². The normalized spacial score (nSPS) is 25.1. The molecule has 2 aromatic carbocycles. The summed E-state index contributed by atoms with van der Waals surface area (Å²) in [7, 11) is 0. The molecule has 1 spiro atoms. The molecular weight excluding hydrogens is 608 g/mol. The van der Waals surface area contributed by atoms with Gasteiger partial charge in [-0.15, -0.1) is 0 Å². The van der Waals surface area contributed by atoms with Crippen LogP contribution in [0, 0.1) is 17.3 Å². The molecule has 2 amide bonds. The van der Waals surface area contributed by atoms with Gasteiger partial charge in [0.2, 0.25) is 5.91 Å². The van der Waals surface area contributed by atoms with Gasteiger partial charge in [-0.05, 0) is 55.1 Å². The van der Waals surface area contributed by atoms with Crippen LogP contribution in [0.1, 0.15) is 39.2 Å². The van der Waals surface area contributed by atoms with Crippen LogP contribution >= 0.6 is 46.4 Å². The van der Waals surface area contributed by atoms with E-state index in [9.17, 15) is 14.4 Å². The standard InChI is InChI=1S/C30H31Cl4N3O4/c1-5-9-41-27(39)24-23(26(38)36(15-29(2,3)4)19-11-16(31)10-17(32)12-19)22-7-6-8-37(22)30(24)20-13-18(33)14-21(34)25(20)35-28(30)40/h5,10-14,22-24H,1,6-9,15H2,2-4H3,(H,35,40)/t22-,23+,24-,30+/m0/s1. The Balaban J connectivity index is 1.73. The Morgan fingerprint density at radius 2 is 1.78 bits per heavy atom. The van der Waals surface area contributed by atoms with Crippen LogP contribution in [0.3, 0.4) is 0 Å².